The number of carbonyl (C=O) groups excluding carboxylic acids is 2. The molecule has 3 aromatic carbocycles. The fraction of sp³-hybridized carbons (Fsp3) is 0.343. The van der Waals surface area contributed by atoms with Gasteiger partial charge in [0.2, 0.25) is 5.91 Å². The van der Waals surface area contributed by atoms with Gasteiger partial charge in [-0.25, -0.2) is 17.6 Å². The van der Waals surface area contributed by atoms with Crippen molar-refractivity contribution in [2.75, 3.05) is 33.4 Å². The zero-order chi connectivity index (χ0) is 33.6. The molecule has 3 aromatic rings. The number of halogens is 1. The molecule has 0 radical (unpaired) electrons. The molecule has 1 heterocycles. The van der Waals surface area contributed by atoms with Gasteiger partial charge in [0.1, 0.15) is 48.0 Å². The second-order valence-corrected chi connectivity index (χ2v) is 13.7. The van der Waals surface area contributed by atoms with Crippen LogP contribution in [0.1, 0.15) is 30.4 Å². The van der Waals surface area contributed by atoms with E-state index in [-0.39, 0.29) is 54.7 Å². The minimum atomic E-state index is -3.56. The number of nitrogens with zero attached hydrogens (tertiary/aromatic N) is 2. The SMILES string of the molecule is C=CC(=O)N1CC(S(=O)(=O)c2ccc(OCCOc3ccc(-c4ccc(C[C@H]5CCC[C@@H]5OC(=O)NC)c(C#N)c4F)cc3)cc2)C1. The van der Waals surface area contributed by atoms with Gasteiger partial charge in [-0.2, -0.15) is 5.26 Å². The van der Waals surface area contributed by atoms with Crippen LogP contribution in [0.3, 0.4) is 0 Å². The summed E-state index contributed by atoms with van der Waals surface area (Å²) in [6.07, 6.45) is 3.32. The maximum atomic E-state index is 15.6. The molecule has 2 amide bonds. The van der Waals surface area contributed by atoms with Crippen molar-refractivity contribution in [2.45, 2.75) is 41.9 Å². The van der Waals surface area contributed by atoms with Crippen LogP contribution in [0.25, 0.3) is 11.1 Å². The van der Waals surface area contributed by atoms with Crippen molar-refractivity contribution < 1.29 is 36.6 Å². The smallest absolute Gasteiger partial charge is 0.407 e. The molecule has 0 unspecified atom stereocenters. The van der Waals surface area contributed by atoms with Crippen LogP contribution in [0, 0.1) is 23.1 Å². The van der Waals surface area contributed by atoms with Crippen molar-refractivity contribution in [3.05, 3.63) is 90.3 Å². The van der Waals surface area contributed by atoms with E-state index in [0.29, 0.717) is 34.6 Å². The van der Waals surface area contributed by atoms with Crippen LogP contribution in [0.2, 0.25) is 0 Å². The third kappa shape index (κ3) is 7.58. The molecule has 2 aliphatic rings. The molecule has 0 spiro atoms. The molecule has 5 rings (SSSR count). The second-order valence-electron chi connectivity index (χ2n) is 11.5. The van der Waals surface area contributed by atoms with Crippen LogP contribution in [-0.4, -0.2) is 70.0 Å². The topological polar surface area (TPSA) is 135 Å². The molecule has 12 heteroatoms. The number of rotatable bonds is 12. The standard InChI is InChI=1S/C35H36FN3O7S/c1-3-33(40)39-21-29(22-39)47(42,43)28-14-12-27(13-15-28)45-18-17-44-26-10-7-23(8-11-26)30-16-9-24(31(20-37)34(30)36)19-25-5-4-6-32(25)46-35(41)38-2/h3,7-16,25,29,32H,1,4-6,17-19,21-22H2,2H3,(H,38,41)/t25-,32+/m1/s1. The van der Waals surface area contributed by atoms with Gasteiger partial charge in [-0.15, -0.1) is 0 Å². The first kappa shape index (κ1) is 33.5. The lowest BCUT2D eigenvalue weighted by atomic mass is 9.91. The predicted molar refractivity (Wildman–Crippen MR) is 172 cm³/mol. The molecule has 246 valence electrons. The first-order valence-electron chi connectivity index (χ1n) is 15.4. The molecule has 1 saturated carbocycles. The van der Waals surface area contributed by atoms with Gasteiger partial charge in [0.05, 0.1) is 10.5 Å². The van der Waals surface area contributed by atoms with E-state index in [4.69, 9.17) is 14.2 Å². The lowest BCUT2D eigenvalue weighted by molar-refractivity contribution is -0.129. The molecule has 1 saturated heterocycles. The van der Waals surface area contributed by atoms with E-state index < -0.39 is 27.0 Å². The van der Waals surface area contributed by atoms with E-state index in [0.717, 1.165) is 19.3 Å². The molecule has 47 heavy (non-hydrogen) atoms. The number of nitriles is 1. The highest BCUT2D eigenvalue weighted by Crippen LogP contribution is 2.35. The highest BCUT2D eigenvalue weighted by molar-refractivity contribution is 7.92. The molecule has 2 fully saturated rings. The number of carbonyl (C=O) groups is 2. The van der Waals surface area contributed by atoms with E-state index >= 15 is 4.39 Å². The maximum absolute atomic E-state index is 15.6. The Labute approximate surface area is 273 Å². The summed E-state index contributed by atoms with van der Waals surface area (Å²) >= 11 is 0. The highest BCUT2D eigenvalue weighted by atomic mass is 32.2. The fourth-order valence-electron chi connectivity index (χ4n) is 5.91. The number of ether oxygens (including phenoxy) is 3. The highest BCUT2D eigenvalue weighted by Gasteiger charge is 2.39. The number of benzene rings is 3. The largest absolute Gasteiger partial charge is 0.490 e. The number of hydrogen-bond donors (Lipinski definition) is 1. The minimum absolute atomic E-state index is 0.00844. The molecule has 1 aliphatic heterocycles. The van der Waals surface area contributed by atoms with E-state index in [2.05, 4.69) is 11.9 Å². The summed E-state index contributed by atoms with van der Waals surface area (Å²) in [6.45, 7) is 4.12. The lowest BCUT2D eigenvalue weighted by Gasteiger charge is -2.37. The van der Waals surface area contributed by atoms with Crippen LogP contribution in [0.5, 0.6) is 11.5 Å². The summed E-state index contributed by atoms with van der Waals surface area (Å²) < 4.78 is 58.1. The van der Waals surface area contributed by atoms with Crippen molar-refractivity contribution in [3.8, 4) is 28.7 Å². The molecule has 2 atom stereocenters. The second kappa shape index (κ2) is 14.7. The minimum Gasteiger partial charge on any atom is -0.490 e. The Morgan fingerprint density at radius 2 is 1.66 bits per heavy atom. The Kier molecular flexibility index (Phi) is 10.5. The third-order valence-corrected chi connectivity index (χ3v) is 10.7. The quantitative estimate of drug-likeness (QED) is 0.210. The summed E-state index contributed by atoms with van der Waals surface area (Å²) in [4.78, 5) is 24.9. The first-order chi connectivity index (χ1) is 22.6. The zero-order valence-corrected chi connectivity index (χ0v) is 26.8. The molecule has 1 N–H and O–H groups in total. The van der Waals surface area contributed by atoms with Crippen LogP contribution in [0.4, 0.5) is 9.18 Å². The molecule has 1 aliphatic carbocycles. The predicted octanol–water partition coefficient (Wildman–Crippen LogP) is 5.06. The Bertz CT molecular complexity index is 1770. The number of nitrogens with one attached hydrogen (secondary N) is 1. The van der Waals surface area contributed by atoms with Crippen LogP contribution >= 0.6 is 0 Å². The third-order valence-electron chi connectivity index (χ3n) is 8.59. The Balaban J connectivity index is 1.12. The monoisotopic (exact) mass is 661 g/mol. The van der Waals surface area contributed by atoms with Gasteiger partial charge in [-0.1, -0.05) is 30.8 Å². The van der Waals surface area contributed by atoms with Crippen molar-refractivity contribution in [1.29, 1.82) is 5.26 Å². The van der Waals surface area contributed by atoms with Gasteiger partial charge in [0.25, 0.3) is 0 Å². The Morgan fingerprint density at radius 1 is 1.02 bits per heavy atom. The Morgan fingerprint density at radius 3 is 2.26 bits per heavy atom. The lowest BCUT2D eigenvalue weighted by Crippen LogP contribution is -2.56. The molecule has 10 nitrogen and oxygen atoms in total. The van der Waals surface area contributed by atoms with Crippen molar-refractivity contribution >= 4 is 21.8 Å². The number of likely N-dealkylation sites (tertiary alicyclic amines) is 1. The van der Waals surface area contributed by atoms with E-state index in [1.807, 2.05) is 6.07 Å². The van der Waals surface area contributed by atoms with Crippen molar-refractivity contribution in [3.63, 3.8) is 0 Å². The van der Waals surface area contributed by atoms with E-state index in [9.17, 15) is 23.3 Å². The van der Waals surface area contributed by atoms with E-state index in [1.54, 1.807) is 48.5 Å². The average molecular weight is 662 g/mol. The molecular formula is C35H36FN3O7S. The van der Waals surface area contributed by atoms with Gasteiger partial charge in [-0.3, -0.25) is 4.79 Å². The van der Waals surface area contributed by atoms with Crippen molar-refractivity contribution in [2.24, 2.45) is 5.92 Å². The summed E-state index contributed by atoms with van der Waals surface area (Å²) in [5.41, 5.74) is 1.47. The van der Waals surface area contributed by atoms with Gasteiger partial charge in [0.15, 0.2) is 9.84 Å². The first-order valence-corrected chi connectivity index (χ1v) is 16.9. The maximum Gasteiger partial charge on any atom is 0.407 e. The summed E-state index contributed by atoms with van der Waals surface area (Å²) in [7, 11) is -2.06. The normalized spacial score (nSPS) is 17.7. The molecule has 0 bridgehead atoms. The summed E-state index contributed by atoms with van der Waals surface area (Å²) in [5, 5.41) is 11.6. The number of alkyl carbamates (subject to hydrolysis) is 1. The molecule has 0 aromatic heterocycles. The summed E-state index contributed by atoms with van der Waals surface area (Å²) in [6, 6.07) is 18.4. The summed E-state index contributed by atoms with van der Waals surface area (Å²) in [5.74, 6) is 0.165. The van der Waals surface area contributed by atoms with Crippen molar-refractivity contribution in [1.82, 2.24) is 10.2 Å². The number of hydrogen-bond acceptors (Lipinski definition) is 8. The fourth-order valence-corrected chi connectivity index (χ4v) is 7.56. The van der Waals surface area contributed by atoms with E-state index in [1.165, 1.54) is 30.2 Å². The van der Waals surface area contributed by atoms with Crippen LogP contribution < -0.4 is 14.8 Å². The van der Waals surface area contributed by atoms with Gasteiger partial charge < -0.3 is 24.4 Å². The zero-order valence-electron chi connectivity index (χ0n) is 26.0. The van der Waals surface area contributed by atoms with Gasteiger partial charge >= 0.3 is 6.09 Å². The number of amides is 2. The van der Waals surface area contributed by atoms with Gasteiger partial charge in [-0.05, 0) is 79.3 Å². The average Bonchev–Trinajstić information content (AvgIpc) is 3.48. The van der Waals surface area contributed by atoms with Crippen LogP contribution in [-0.2, 0) is 25.8 Å². The van der Waals surface area contributed by atoms with Gasteiger partial charge in [0, 0.05) is 31.6 Å². The Hall–Kier alpha value is -4.89. The molecular weight excluding hydrogens is 625 g/mol. The number of sulfone groups is 1. The van der Waals surface area contributed by atoms with Crippen LogP contribution in [0.15, 0.2) is 78.2 Å².